The van der Waals surface area contributed by atoms with Crippen LogP contribution in [0.1, 0.15) is 50.5 Å². The smallest absolute Gasteiger partial charge is 0.223 e. The number of amides is 1. The van der Waals surface area contributed by atoms with Crippen molar-refractivity contribution >= 4 is 5.91 Å². The molecule has 0 N–H and O–H groups in total. The van der Waals surface area contributed by atoms with E-state index in [9.17, 15) is 4.79 Å². The van der Waals surface area contributed by atoms with Gasteiger partial charge in [-0.05, 0) is 44.1 Å². The van der Waals surface area contributed by atoms with E-state index in [1.807, 2.05) is 0 Å². The Labute approximate surface area is 157 Å². The molecule has 0 bridgehead atoms. The third-order valence-corrected chi connectivity index (χ3v) is 6.96. The lowest BCUT2D eigenvalue weighted by Gasteiger charge is -2.48. The van der Waals surface area contributed by atoms with E-state index in [0.29, 0.717) is 18.2 Å². The number of benzene rings is 1. The lowest BCUT2D eigenvalue weighted by Crippen LogP contribution is -2.55. The van der Waals surface area contributed by atoms with E-state index >= 15 is 0 Å². The molecule has 4 nitrogen and oxygen atoms in total. The number of rotatable bonds is 4. The number of carbonyl (C=O) groups excluding carboxylic acids is 1. The molecule has 0 saturated carbocycles. The molecule has 0 aliphatic carbocycles. The zero-order valence-electron chi connectivity index (χ0n) is 16.0. The minimum Gasteiger partial charge on any atom is -0.381 e. The van der Waals surface area contributed by atoms with Gasteiger partial charge in [-0.25, -0.2) is 0 Å². The molecule has 1 atom stereocenters. The fourth-order valence-corrected chi connectivity index (χ4v) is 5.55. The molecule has 142 valence electrons. The van der Waals surface area contributed by atoms with Crippen LogP contribution in [-0.2, 0) is 9.53 Å². The number of likely N-dealkylation sites (N-methyl/N-ethyl adjacent to an activating group) is 1. The Morgan fingerprint density at radius 1 is 1.12 bits per heavy atom. The van der Waals surface area contributed by atoms with E-state index in [1.165, 1.54) is 24.9 Å². The summed E-state index contributed by atoms with van der Waals surface area (Å²) >= 11 is 0. The van der Waals surface area contributed by atoms with Crippen molar-refractivity contribution < 1.29 is 9.53 Å². The van der Waals surface area contributed by atoms with Crippen LogP contribution in [0, 0.1) is 5.92 Å². The lowest BCUT2D eigenvalue weighted by molar-refractivity contribution is -0.132. The molecule has 4 heteroatoms. The van der Waals surface area contributed by atoms with Gasteiger partial charge in [0, 0.05) is 51.7 Å². The van der Waals surface area contributed by atoms with Gasteiger partial charge in [0.1, 0.15) is 0 Å². The standard InChI is InChI=1S/C22H32N2O2/c1-2-24-21(25)16-20(19-6-4-3-5-7-19)22(24)10-12-23(13-11-22)17-18-8-14-26-15-9-18/h3-7,18,20H,2,8-17H2,1H3. The zero-order chi connectivity index (χ0) is 18.0. The number of likely N-dealkylation sites (tertiary alicyclic amines) is 2. The van der Waals surface area contributed by atoms with Crippen molar-refractivity contribution in [2.24, 2.45) is 5.92 Å². The van der Waals surface area contributed by atoms with Crippen molar-refractivity contribution in [3.05, 3.63) is 35.9 Å². The molecule has 1 unspecified atom stereocenters. The third-order valence-electron chi connectivity index (χ3n) is 6.96. The molecule has 4 rings (SSSR count). The summed E-state index contributed by atoms with van der Waals surface area (Å²) in [5.74, 6) is 1.48. The fourth-order valence-electron chi connectivity index (χ4n) is 5.55. The first kappa shape index (κ1) is 18.0. The molecular formula is C22H32N2O2. The summed E-state index contributed by atoms with van der Waals surface area (Å²) in [4.78, 5) is 17.6. The van der Waals surface area contributed by atoms with Crippen LogP contribution in [0.3, 0.4) is 0 Å². The van der Waals surface area contributed by atoms with Gasteiger partial charge in [0.25, 0.3) is 0 Å². The Balaban J connectivity index is 1.49. The van der Waals surface area contributed by atoms with Gasteiger partial charge in [0.05, 0.1) is 5.54 Å². The second-order valence-corrected chi connectivity index (χ2v) is 8.27. The summed E-state index contributed by atoms with van der Waals surface area (Å²) < 4.78 is 5.51. The highest BCUT2D eigenvalue weighted by Gasteiger charge is 2.53. The maximum Gasteiger partial charge on any atom is 0.223 e. The third kappa shape index (κ3) is 3.29. The highest BCUT2D eigenvalue weighted by atomic mass is 16.5. The Hall–Kier alpha value is -1.39. The summed E-state index contributed by atoms with van der Waals surface area (Å²) in [7, 11) is 0. The Kier molecular flexibility index (Phi) is 5.32. The van der Waals surface area contributed by atoms with E-state index in [0.717, 1.165) is 51.6 Å². The van der Waals surface area contributed by atoms with Gasteiger partial charge in [-0.3, -0.25) is 4.79 Å². The molecule has 1 amide bonds. The van der Waals surface area contributed by atoms with Crippen LogP contribution in [0.15, 0.2) is 30.3 Å². The van der Waals surface area contributed by atoms with Gasteiger partial charge in [0.2, 0.25) is 5.91 Å². The Morgan fingerprint density at radius 3 is 2.46 bits per heavy atom. The van der Waals surface area contributed by atoms with Gasteiger partial charge in [0.15, 0.2) is 0 Å². The molecular weight excluding hydrogens is 324 g/mol. The zero-order valence-corrected chi connectivity index (χ0v) is 16.0. The van der Waals surface area contributed by atoms with Crippen LogP contribution in [0.5, 0.6) is 0 Å². The second kappa shape index (κ2) is 7.69. The van der Waals surface area contributed by atoms with Crippen molar-refractivity contribution in [3.8, 4) is 0 Å². The molecule has 1 spiro atoms. The number of hydrogen-bond acceptors (Lipinski definition) is 3. The van der Waals surface area contributed by atoms with E-state index in [4.69, 9.17) is 4.74 Å². The van der Waals surface area contributed by atoms with E-state index in [2.05, 4.69) is 47.1 Å². The number of hydrogen-bond donors (Lipinski definition) is 0. The summed E-state index contributed by atoms with van der Waals surface area (Å²) in [5, 5.41) is 0. The predicted molar refractivity (Wildman–Crippen MR) is 103 cm³/mol. The molecule has 26 heavy (non-hydrogen) atoms. The highest BCUT2D eigenvalue weighted by Crippen LogP contribution is 2.48. The number of ether oxygens (including phenoxy) is 1. The van der Waals surface area contributed by atoms with E-state index in [1.54, 1.807) is 0 Å². The largest absolute Gasteiger partial charge is 0.381 e. The monoisotopic (exact) mass is 356 g/mol. The maximum atomic E-state index is 12.8. The van der Waals surface area contributed by atoms with Crippen LogP contribution in [0.25, 0.3) is 0 Å². The number of piperidine rings is 1. The quantitative estimate of drug-likeness (QED) is 0.830. The molecule has 1 aromatic rings. The van der Waals surface area contributed by atoms with Crippen LogP contribution < -0.4 is 0 Å². The lowest BCUT2D eigenvalue weighted by atomic mass is 9.73. The van der Waals surface area contributed by atoms with Gasteiger partial charge < -0.3 is 14.5 Å². The summed E-state index contributed by atoms with van der Waals surface area (Å²) in [6.45, 7) is 8.27. The summed E-state index contributed by atoms with van der Waals surface area (Å²) in [6, 6.07) is 10.7. The predicted octanol–water partition coefficient (Wildman–Crippen LogP) is 3.28. The van der Waals surface area contributed by atoms with Crippen LogP contribution >= 0.6 is 0 Å². The normalized spacial score (nSPS) is 27.3. The first-order valence-electron chi connectivity index (χ1n) is 10.4. The number of nitrogens with zero attached hydrogens (tertiary/aromatic N) is 2. The average Bonchev–Trinajstić information content (AvgIpc) is 2.96. The SMILES string of the molecule is CCN1C(=O)CC(c2ccccc2)C12CCN(CC1CCOCC1)CC2. The van der Waals surface area contributed by atoms with Gasteiger partial charge >= 0.3 is 0 Å². The molecule has 3 fully saturated rings. The Bertz CT molecular complexity index is 604. The molecule has 3 heterocycles. The van der Waals surface area contributed by atoms with Crippen molar-refractivity contribution in [1.82, 2.24) is 9.80 Å². The summed E-state index contributed by atoms with van der Waals surface area (Å²) in [6.07, 6.45) is 5.30. The van der Waals surface area contributed by atoms with E-state index < -0.39 is 0 Å². The molecule has 0 aromatic heterocycles. The second-order valence-electron chi connectivity index (χ2n) is 8.27. The molecule has 3 saturated heterocycles. The van der Waals surface area contributed by atoms with Crippen molar-refractivity contribution in [3.63, 3.8) is 0 Å². The first-order chi connectivity index (χ1) is 12.7. The van der Waals surface area contributed by atoms with Crippen molar-refractivity contribution in [2.45, 2.75) is 50.5 Å². The van der Waals surface area contributed by atoms with Gasteiger partial charge in [-0.2, -0.15) is 0 Å². The highest BCUT2D eigenvalue weighted by molar-refractivity contribution is 5.81. The maximum absolute atomic E-state index is 12.8. The molecule has 3 aliphatic rings. The van der Waals surface area contributed by atoms with Gasteiger partial charge in [-0.15, -0.1) is 0 Å². The molecule has 1 aromatic carbocycles. The topological polar surface area (TPSA) is 32.8 Å². The van der Waals surface area contributed by atoms with Crippen LogP contribution in [-0.4, -0.2) is 60.6 Å². The summed E-state index contributed by atoms with van der Waals surface area (Å²) in [5.41, 5.74) is 1.37. The fraction of sp³-hybridized carbons (Fsp3) is 0.682. The van der Waals surface area contributed by atoms with Crippen molar-refractivity contribution in [2.75, 3.05) is 39.4 Å². The minimum atomic E-state index is 0.0271. The first-order valence-corrected chi connectivity index (χ1v) is 10.4. The van der Waals surface area contributed by atoms with E-state index in [-0.39, 0.29) is 5.54 Å². The van der Waals surface area contributed by atoms with Gasteiger partial charge in [-0.1, -0.05) is 30.3 Å². The Morgan fingerprint density at radius 2 is 1.81 bits per heavy atom. The van der Waals surface area contributed by atoms with Crippen LogP contribution in [0.2, 0.25) is 0 Å². The van der Waals surface area contributed by atoms with Crippen LogP contribution in [0.4, 0.5) is 0 Å². The van der Waals surface area contributed by atoms with Crippen molar-refractivity contribution in [1.29, 1.82) is 0 Å². The molecule has 3 aliphatic heterocycles. The average molecular weight is 357 g/mol. The molecule has 0 radical (unpaired) electrons. The number of carbonyl (C=O) groups is 1. The minimum absolute atomic E-state index is 0.0271.